The van der Waals surface area contributed by atoms with E-state index in [-0.39, 0.29) is 11.6 Å². The molecule has 0 saturated carbocycles. The van der Waals surface area contributed by atoms with Crippen molar-refractivity contribution in [2.24, 2.45) is 0 Å². The molecular formula is C13H24N2O2. The standard InChI is InChI=1S/C13H24N2O2/c1-5-15(13(2,3)4)12(16)14-10-11-6-8-17-9-7-11/h10H,5-9H2,1-4H3,(H,14,16). The Morgan fingerprint density at radius 1 is 1.41 bits per heavy atom. The normalized spacial score (nSPS) is 16.6. The van der Waals surface area contributed by atoms with Crippen molar-refractivity contribution < 1.29 is 9.53 Å². The van der Waals surface area contributed by atoms with E-state index in [1.165, 1.54) is 5.57 Å². The molecule has 2 amide bonds. The van der Waals surface area contributed by atoms with Crippen molar-refractivity contribution in [3.63, 3.8) is 0 Å². The third-order valence-corrected chi connectivity index (χ3v) is 2.91. The number of hydrogen-bond acceptors (Lipinski definition) is 2. The second-order valence-corrected chi connectivity index (χ2v) is 5.28. The number of urea groups is 1. The molecule has 1 aliphatic heterocycles. The average Bonchev–Trinajstić information content (AvgIpc) is 2.27. The summed E-state index contributed by atoms with van der Waals surface area (Å²) in [5.74, 6) is 0. The lowest BCUT2D eigenvalue weighted by Crippen LogP contribution is -2.49. The zero-order valence-electron chi connectivity index (χ0n) is 11.4. The molecule has 4 nitrogen and oxygen atoms in total. The lowest BCUT2D eigenvalue weighted by atomic mass is 10.1. The molecule has 0 spiro atoms. The summed E-state index contributed by atoms with van der Waals surface area (Å²) in [7, 11) is 0. The molecule has 1 aliphatic rings. The minimum atomic E-state index is -0.146. The van der Waals surface area contributed by atoms with Crippen molar-refractivity contribution in [2.75, 3.05) is 19.8 Å². The molecule has 1 fully saturated rings. The predicted octanol–water partition coefficient (Wildman–Crippen LogP) is 2.51. The van der Waals surface area contributed by atoms with Gasteiger partial charge >= 0.3 is 6.03 Å². The molecule has 0 aromatic rings. The summed E-state index contributed by atoms with van der Waals surface area (Å²) in [5.41, 5.74) is 1.11. The zero-order valence-corrected chi connectivity index (χ0v) is 11.4. The summed E-state index contributed by atoms with van der Waals surface area (Å²) < 4.78 is 5.27. The summed E-state index contributed by atoms with van der Waals surface area (Å²) in [6.07, 6.45) is 3.68. The Bertz CT molecular complexity index is 284. The molecule has 1 rings (SSSR count). The molecule has 1 N–H and O–H groups in total. The lowest BCUT2D eigenvalue weighted by Gasteiger charge is -2.34. The van der Waals surface area contributed by atoms with Gasteiger partial charge in [0.1, 0.15) is 0 Å². The summed E-state index contributed by atoms with van der Waals surface area (Å²) in [5, 5.41) is 2.88. The van der Waals surface area contributed by atoms with Crippen LogP contribution in [-0.2, 0) is 4.74 Å². The summed E-state index contributed by atoms with van der Waals surface area (Å²) in [6.45, 7) is 10.3. The Hall–Kier alpha value is -1.03. The van der Waals surface area contributed by atoms with Crippen LogP contribution < -0.4 is 5.32 Å². The van der Waals surface area contributed by atoms with Crippen molar-refractivity contribution in [3.8, 4) is 0 Å². The van der Waals surface area contributed by atoms with Crippen LogP contribution in [0, 0.1) is 0 Å². The fraction of sp³-hybridized carbons (Fsp3) is 0.769. The first kappa shape index (κ1) is 14.0. The van der Waals surface area contributed by atoms with E-state index in [1.54, 1.807) is 0 Å². The fourth-order valence-corrected chi connectivity index (χ4v) is 1.94. The minimum Gasteiger partial charge on any atom is -0.381 e. The number of rotatable bonds is 2. The number of nitrogens with zero attached hydrogens (tertiary/aromatic N) is 1. The number of carbonyl (C=O) groups is 1. The van der Waals surface area contributed by atoms with Crippen LogP contribution >= 0.6 is 0 Å². The highest BCUT2D eigenvalue weighted by atomic mass is 16.5. The number of ether oxygens (including phenoxy) is 1. The molecule has 17 heavy (non-hydrogen) atoms. The Balaban J connectivity index is 2.52. The van der Waals surface area contributed by atoms with Crippen molar-refractivity contribution in [1.82, 2.24) is 10.2 Å². The second-order valence-electron chi connectivity index (χ2n) is 5.28. The van der Waals surface area contributed by atoms with Gasteiger partial charge in [0.25, 0.3) is 0 Å². The van der Waals surface area contributed by atoms with Crippen LogP contribution in [0.3, 0.4) is 0 Å². The first-order chi connectivity index (χ1) is 7.95. The highest BCUT2D eigenvalue weighted by molar-refractivity contribution is 5.76. The van der Waals surface area contributed by atoms with Crippen LogP contribution in [0.2, 0.25) is 0 Å². The molecule has 0 atom stereocenters. The number of carbonyl (C=O) groups excluding carboxylic acids is 1. The van der Waals surface area contributed by atoms with Crippen molar-refractivity contribution >= 4 is 6.03 Å². The van der Waals surface area contributed by atoms with E-state index < -0.39 is 0 Å². The van der Waals surface area contributed by atoms with Gasteiger partial charge < -0.3 is 15.0 Å². The predicted molar refractivity (Wildman–Crippen MR) is 68.8 cm³/mol. The van der Waals surface area contributed by atoms with Gasteiger partial charge in [0.15, 0.2) is 0 Å². The van der Waals surface area contributed by atoms with Crippen molar-refractivity contribution in [2.45, 2.75) is 46.1 Å². The molecule has 0 radical (unpaired) electrons. The summed E-state index contributed by atoms with van der Waals surface area (Å²) in [6, 6.07) is -0.0287. The van der Waals surface area contributed by atoms with E-state index in [1.807, 2.05) is 38.8 Å². The molecule has 1 saturated heterocycles. The Morgan fingerprint density at radius 2 is 2.00 bits per heavy atom. The first-order valence-electron chi connectivity index (χ1n) is 6.29. The van der Waals surface area contributed by atoms with Crippen LogP contribution in [0.1, 0.15) is 40.5 Å². The van der Waals surface area contributed by atoms with Gasteiger partial charge in [-0.3, -0.25) is 0 Å². The second kappa shape index (κ2) is 6.05. The third-order valence-electron chi connectivity index (χ3n) is 2.91. The van der Waals surface area contributed by atoms with E-state index in [0.717, 1.165) is 26.1 Å². The first-order valence-corrected chi connectivity index (χ1v) is 6.29. The van der Waals surface area contributed by atoms with Gasteiger partial charge in [0.05, 0.1) is 13.2 Å². The zero-order chi connectivity index (χ0) is 12.9. The SMILES string of the molecule is CCN(C(=O)NC=C1CCOCC1)C(C)(C)C. The maximum absolute atomic E-state index is 12.0. The Morgan fingerprint density at radius 3 is 2.47 bits per heavy atom. The van der Waals surface area contributed by atoms with Crippen LogP contribution in [0.25, 0.3) is 0 Å². The molecular weight excluding hydrogens is 216 g/mol. The van der Waals surface area contributed by atoms with Crippen LogP contribution in [-0.4, -0.2) is 36.2 Å². The highest BCUT2D eigenvalue weighted by Gasteiger charge is 2.24. The number of nitrogens with one attached hydrogen (secondary N) is 1. The largest absolute Gasteiger partial charge is 0.381 e. The number of hydrogen-bond donors (Lipinski definition) is 1. The molecule has 1 heterocycles. The molecule has 4 heteroatoms. The van der Waals surface area contributed by atoms with Gasteiger partial charge in [0, 0.05) is 18.3 Å². The molecule has 0 aromatic heterocycles. The Kier molecular flexibility index (Phi) is 5.00. The summed E-state index contributed by atoms with van der Waals surface area (Å²) in [4.78, 5) is 13.8. The third kappa shape index (κ3) is 4.38. The van der Waals surface area contributed by atoms with Gasteiger partial charge in [0.2, 0.25) is 0 Å². The molecule has 0 aromatic carbocycles. The van der Waals surface area contributed by atoms with Gasteiger partial charge in [-0.1, -0.05) is 0 Å². The number of amides is 2. The summed E-state index contributed by atoms with van der Waals surface area (Å²) >= 11 is 0. The van der Waals surface area contributed by atoms with Crippen LogP contribution in [0.15, 0.2) is 11.8 Å². The molecule has 0 unspecified atom stereocenters. The van der Waals surface area contributed by atoms with Crippen LogP contribution in [0.5, 0.6) is 0 Å². The maximum atomic E-state index is 12.0. The van der Waals surface area contributed by atoms with Gasteiger partial charge in [-0.05, 0) is 46.1 Å². The molecule has 0 aliphatic carbocycles. The quantitative estimate of drug-likeness (QED) is 0.805. The van der Waals surface area contributed by atoms with Crippen molar-refractivity contribution in [3.05, 3.63) is 11.8 Å². The topological polar surface area (TPSA) is 41.6 Å². The minimum absolute atomic E-state index is 0.0287. The van der Waals surface area contributed by atoms with E-state index in [2.05, 4.69) is 5.32 Å². The molecule has 98 valence electrons. The van der Waals surface area contributed by atoms with E-state index in [4.69, 9.17) is 4.74 Å². The fourth-order valence-electron chi connectivity index (χ4n) is 1.94. The van der Waals surface area contributed by atoms with E-state index >= 15 is 0 Å². The maximum Gasteiger partial charge on any atom is 0.321 e. The van der Waals surface area contributed by atoms with Crippen molar-refractivity contribution in [1.29, 1.82) is 0 Å². The van der Waals surface area contributed by atoms with E-state index in [0.29, 0.717) is 6.54 Å². The van der Waals surface area contributed by atoms with Gasteiger partial charge in [-0.2, -0.15) is 0 Å². The highest BCUT2D eigenvalue weighted by Crippen LogP contribution is 2.14. The van der Waals surface area contributed by atoms with Crippen LogP contribution in [0.4, 0.5) is 4.79 Å². The monoisotopic (exact) mass is 240 g/mol. The average molecular weight is 240 g/mol. The molecule has 0 bridgehead atoms. The smallest absolute Gasteiger partial charge is 0.321 e. The van der Waals surface area contributed by atoms with E-state index in [9.17, 15) is 4.79 Å². The van der Waals surface area contributed by atoms with Gasteiger partial charge in [-0.15, -0.1) is 0 Å². The lowest BCUT2D eigenvalue weighted by molar-refractivity contribution is 0.118. The van der Waals surface area contributed by atoms with Gasteiger partial charge in [-0.25, -0.2) is 4.79 Å². The Labute approximate surface area is 104 Å².